The molecule has 0 unspecified atom stereocenters. The van der Waals surface area contributed by atoms with Gasteiger partial charge in [0.1, 0.15) is 0 Å². The lowest BCUT2D eigenvalue weighted by Gasteiger charge is -2.12. The summed E-state index contributed by atoms with van der Waals surface area (Å²) < 4.78 is 32.7. The quantitative estimate of drug-likeness (QED) is 0.773. The molecule has 2 aromatic rings. The maximum Gasteiger partial charge on any atom is 0.251 e. The molecule has 1 heterocycles. The lowest BCUT2D eigenvalue weighted by molar-refractivity contribution is 0.0954. The molecule has 2 aromatic carbocycles. The van der Waals surface area contributed by atoms with Gasteiger partial charge in [-0.25, -0.2) is 13.1 Å². The van der Waals surface area contributed by atoms with Gasteiger partial charge in [0.25, 0.3) is 5.91 Å². The van der Waals surface area contributed by atoms with Crippen LogP contribution in [0.1, 0.15) is 22.3 Å². The Morgan fingerprint density at radius 2 is 1.92 bits per heavy atom. The van der Waals surface area contributed by atoms with E-state index in [0.717, 1.165) is 5.56 Å². The van der Waals surface area contributed by atoms with Crippen molar-refractivity contribution in [1.82, 2.24) is 10.0 Å². The molecular formula is C19H22N2O4S. The van der Waals surface area contributed by atoms with Crippen molar-refractivity contribution in [2.45, 2.75) is 23.8 Å². The number of carbonyl (C=O) groups is 1. The van der Waals surface area contributed by atoms with Gasteiger partial charge in [-0.05, 0) is 36.6 Å². The van der Waals surface area contributed by atoms with Crippen LogP contribution < -0.4 is 10.0 Å². The zero-order chi connectivity index (χ0) is 18.4. The monoisotopic (exact) mass is 374 g/mol. The van der Waals surface area contributed by atoms with Crippen molar-refractivity contribution in [2.24, 2.45) is 0 Å². The summed E-state index contributed by atoms with van der Waals surface area (Å²) in [6.07, 6.45) is 1.37. The molecule has 1 atom stereocenters. The third-order valence-corrected chi connectivity index (χ3v) is 5.72. The Kier molecular flexibility index (Phi) is 6.03. The summed E-state index contributed by atoms with van der Waals surface area (Å²) in [5.41, 5.74) is 1.45. The van der Waals surface area contributed by atoms with Gasteiger partial charge in [-0.2, -0.15) is 0 Å². The van der Waals surface area contributed by atoms with E-state index in [4.69, 9.17) is 4.74 Å². The summed E-state index contributed by atoms with van der Waals surface area (Å²) in [5, 5.41) is 2.83. The number of amides is 1. The predicted molar refractivity (Wildman–Crippen MR) is 98.5 cm³/mol. The first kappa shape index (κ1) is 18.6. The fourth-order valence-electron chi connectivity index (χ4n) is 2.79. The molecule has 6 nitrogen and oxygen atoms in total. The molecule has 138 valence electrons. The largest absolute Gasteiger partial charge is 0.380 e. The van der Waals surface area contributed by atoms with Crippen LogP contribution >= 0.6 is 0 Å². The number of carbonyl (C=O) groups excluding carboxylic acids is 1. The van der Waals surface area contributed by atoms with Gasteiger partial charge in [0.2, 0.25) is 10.0 Å². The van der Waals surface area contributed by atoms with Gasteiger partial charge in [0, 0.05) is 24.8 Å². The van der Waals surface area contributed by atoms with Gasteiger partial charge in [-0.15, -0.1) is 0 Å². The zero-order valence-electron chi connectivity index (χ0n) is 14.4. The van der Waals surface area contributed by atoms with Crippen molar-refractivity contribution in [3.05, 3.63) is 65.7 Å². The van der Waals surface area contributed by atoms with Crippen molar-refractivity contribution in [2.75, 3.05) is 19.8 Å². The Hall–Kier alpha value is -2.22. The molecule has 26 heavy (non-hydrogen) atoms. The molecule has 1 aliphatic rings. The molecule has 0 radical (unpaired) electrons. The number of hydrogen-bond donors (Lipinski definition) is 2. The summed E-state index contributed by atoms with van der Waals surface area (Å²) in [6, 6.07) is 15.7. The lowest BCUT2D eigenvalue weighted by Crippen LogP contribution is -2.35. The van der Waals surface area contributed by atoms with Crippen molar-refractivity contribution in [3.8, 4) is 0 Å². The fraction of sp³-hybridized carbons (Fsp3) is 0.316. The molecule has 2 N–H and O–H groups in total. The van der Waals surface area contributed by atoms with Gasteiger partial charge in [0.05, 0.1) is 11.5 Å². The maximum atomic E-state index is 12.5. The Morgan fingerprint density at radius 1 is 1.12 bits per heavy atom. The molecule has 1 aliphatic heterocycles. The third-order valence-electron chi connectivity index (χ3n) is 4.20. The SMILES string of the molecule is O=C(NCCc1ccccc1)c1cccc(S(=O)(=O)N[C@@H]2CCOC2)c1. The van der Waals surface area contributed by atoms with Gasteiger partial charge >= 0.3 is 0 Å². The van der Waals surface area contributed by atoms with Crippen LogP contribution in [-0.2, 0) is 21.2 Å². The van der Waals surface area contributed by atoms with Crippen LogP contribution in [0.5, 0.6) is 0 Å². The average molecular weight is 374 g/mol. The molecule has 1 amide bonds. The van der Waals surface area contributed by atoms with E-state index >= 15 is 0 Å². The smallest absolute Gasteiger partial charge is 0.251 e. The number of hydrogen-bond acceptors (Lipinski definition) is 4. The topological polar surface area (TPSA) is 84.5 Å². The second kappa shape index (κ2) is 8.44. The molecule has 1 saturated heterocycles. The van der Waals surface area contributed by atoms with Crippen molar-refractivity contribution < 1.29 is 17.9 Å². The van der Waals surface area contributed by atoms with E-state index in [9.17, 15) is 13.2 Å². The van der Waals surface area contributed by atoms with Gasteiger partial charge < -0.3 is 10.1 Å². The summed E-state index contributed by atoms with van der Waals surface area (Å²) in [6.45, 7) is 1.41. The third kappa shape index (κ3) is 4.91. The van der Waals surface area contributed by atoms with Crippen LogP contribution in [0.3, 0.4) is 0 Å². The predicted octanol–water partition coefficient (Wildman–Crippen LogP) is 1.73. The van der Waals surface area contributed by atoms with Crippen molar-refractivity contribution in [1.29, 1.82) is 0 Å². The molecule has 7 heteroatoms. The van der Waals surface area contributed by atoms with Gasteiger partial charge in [-0.1, -0.05) is 36.4 Å². The number of ether oxygens (including phenoxy) is 1. The molecular weight excluding hydrogens is 352 g/mol. The summed E-state index contributed by atoms with van der Waals surface area (Å²) in [4.78, 5) is 12.4. The Morgan fingerprint density at radius 3 is 2.65 bits per heavy atom. The van der Waals surface area contributed by atoms with Crippen LogP contribution in [0.2, 0.25) is 0 Å². The highest BCUT2D eigenvalue weighted by Gasteiger charge is 2.24. The minimum absolute atomic E-state index is 0.0834. The number of sulfonamides is 1. The molecule has 0 aliphatic carbocycles. The highest BCUT2D eigenvalue weighted by atomic mass is 32.2. The number of rotatable bonds is 7. The summed E-state index contributed by atoms with van der Waals surface area (Å²) in [5.74, 6) is -0.290. The minimum atomic E-state index is -3.67. The second-order valence-electron chi connectivity index (χ2n) is 6.20. The van der Waals surface area contributed by atoms with Crippen LogP contribution in [-0.4, -0.2) is 40.1 Å². The molecule has 1 fully saturated rings. The first-order chi connectivity index (χ1) is 12.5. The molecule has 0 saturated carbocycles. The lowest BCUT2D eigenvalue weighted by atomic mass is 10.1. The molecule has 0 spiro atoms. The highest BCUT2D eigenvalue weighted by Crippen LogP contribution is 2.14. The standard InChI is InChI=1S/C19H22N2O4S/c22-19(20-11-9-15-5-2-1-3-6-15)16-7-4-8-18(13-16)26(23,24)21-17-10-12-25-14-17/h1-8,13,17,21H,9-12,14H2,(H,20,22)/t17-/m1/s1. The van der Waals surface area contributed by atoms with E-state index in [-0.39, 0.29) is 16.8 Å². The minimum Gasteiger partial charge on any atom is -0.380 e. The Bertz CT molecular complexity index is 847. The van der Waals surface area contributed by atoms with Crippen molar-refractivity contribution in [3.63, 3.8) is 0 Å². The molecule has 0 aromatic heterocycles. The normalized spacial score (nSPS) is 17.2. The first-order valence-electron chi connectivity index (χ1n) is 8.57. The van der Waals surface area contributed by atoms with E-state index in [1.165, 1.54) is 12.1 Å². The summed E-state index contributed by atoms with van der Waals surface area (Å²) >= 11 is 0. The number of nitrogens with one attached hydrogen (secondary N) is 2. The summed E-state index contributed by atoms with van der Waals surface area (Å²) in [7, 11) is -3.67. The van der Waals surface area contributed by atoms with E-state index in [1.54, 1.807) is 12.1 Å². The fourth-order valence-corrected chi connectivity index (χ4v) is 4.09. The Labute approximate surface area is 153 Å². The van der Waals surface area contributed by atoms with E-state index in [2.05, 4.69) is 10.0 Å². The molecule has 3 rings (SSSR count). The van der Waals surface area contributed by atoms with Gasteiger partial charge in [0.15, 0.2) is 0 Å². The number of benzene rings is 2. The second-order valence-corrected chi connectivity index (χ2v) is 7.92. The highest BCUT2D eigenvalue weighted by molar-refractivity contribution is 7.89. The van der Waals surface area contributed by atoms with E-state index in [1.807, 2.05) is 30.3 Å². The van der Waals surface area contributed by atoms with Crippen LogP contribution in [0, 0.1) is 0 Å². The van der Waals surface area contributed by atoms with Crippen LogP contribution in [0.15, 0.2) is 59.5 Å². The van der Waals surface area contributed by atoms with E-state index < -0.39 is 10.0 Å². The molecule has 0 bridgehead atoms. The average Bonchev–Trinajstić information content (AvgIpc) is 3.15. The maximum absolute atomic E-state index is 12.5. The van der Waals surface area contributed by atoms with Crippen LogP contribution in [0.25, 0.3) is 0 Å². The Balaban J connectivity index is 1.61. The van der Waals surface area contributed by atoms with Gasteiger partial charge in [-0.3, -0.25) is 4.79 Å². The zero-order valence-corrected chi connectivity index (χ0v) is 15.2. The van der Waals surface area contributed by atoms with Crippen LogP contribution in [0.4, 0.5) is 0 Å². The van der Waals surface area contributed by atoms with Crippen molar-refractivity contribution >= 4 is 15.9 Å². The van der Waals surface area contributed by atoms with E-state index in [0.29, 0.717) is 38.2 Å². The first-order valence-corrected chi connectivity index (χ1v) is 10.1.